The lowest BCUT2D eigenvalue weighted by Gasteiger charge is -2.18. The Morgan fingerprint density at radius 2 is 2.05 bits per heavy atom. The molecule has 0 unspecified atom stereocenters. The van der Waals surface area contributed by atoms with Crippen molar-refractivity contribution >= 4 is 12.0 Å². The predicted molar refractivity (Wildman–Crippen MR) is 73.8 cm³/mol. The van der Waals surface area contributed by atoms with Crippen molar-refractivity contribution in [2.24, 2.45) is 0 Å². The molecule has 0 N–H and O–H groups in total. The number of rotatable bonds is 5. The van der Waals surface area contributed by atoms with Gasteiger partial charge in [-0.1, -0.05) is 0 Å². The lowest BCUT2D eigenvalue weighted by Crippen LogP contribution is -2.22. The van der Waals surface area contributed by atoms with E-state index in [2.05, 4.69) is 5.10 Å². The van der Waals surface area contributed by atoms with E-state index in [4.69, 9.17) is 9.47 Å². The van der Waals surface area contributed by atoms with Crippen LogP contribution in [0.3, 0.4) is 0 Å². The summed E-state index contributed by atoms with van der Waals surface area (Å²) in [5.41, 5.74) is 0.813. The first-order valence-electron chi connectivity index (χ1n) is 6.45. The lowest BCUT2D eigenvalue weighted by atomic mass is 10.1. The molecule has 5 heteroatoms. The van der Waals surface area contributed by atoms with E-state index in [-0.39, 0.29) is 11.5 Å². The summed E-state index contributed by atoms with van der Waals surface area (Å²) in [5.74, 6) is -0.367. The largest absolute Gasteiger partial charge is 0.501 e. The molecule has 0 radical (unpaired) electrons. The Kier molecular flexibility index (Phi) is 5.15. The Morgan fingerprint density at radius 1 is 1.37 bits per heavy atom. The molecule has 106 valence electrons. The highest BCUT2D eigenvalue weighted by Crippen LogP contribution is 2.18. The molecule has 0 spiro atoms. The topological polar surface area (TPSA) is 53.4 Å². The maximum atomic E-state index is 11.9. The Balaban J connectivity index is 3.11. The number of carbonyl (C=O) groups is 1. The number of hydrogen-bond donors (Lipinski definition) is 0. The molecule has 0 aliphatic heterocycles. The van der Waals surface area contributed by atoms with Crippen molar-refractivity contribution < 1.29 is 14.3 Å². The van der Waals surface area contributed by atoms with Crippen LogP contribution >= 0.6 is 0 Å². The van der Waals surface area contributed by atoms with Crippen molar-refractivity contribution in [2.45, 2.75) is 40.2 Å². The summed E-state index contributed by atoms with van der Waals surface area (Å²) in [4.78, 5) is 11.9. The van der Waals surface area contributed by atoms with Gasteiger partial charge in [0.25, 0.3) is 0 Å². The summed E-state index contributed by atoms with van der Waals surface area (Å²) in [6, 6.07) is 0. The highest BCUT2D eigenvalue weighted by Gasteiger charge is 2.21. The molecule has 1 rings (SSSR count). The molecule has 0 amide bonds. The normalized spacial score (nSPS) is 11.8. The van der Waals surface area contributed by atoms with Gasteiger partial charge in [-0.2, -0.15) is 5.10 Å². The minimum absolute atomic E-state index is 0.195. The van der Waals surface area contributed by atoms with Crippen molar-refractivity contribution in [1.82, 2.24) is 9.78 Å². The Labute approximate surface area is 114 Å². The van der Waals surface area contributed by atoms with Crippen LogP contribution in [0.15, 0.2) is 12.5 Å². The molecular formula is C14H22N2O3. The lowest BCUT2D eigenvalue weighted by molar-refractivity contribution is 0.0526. The minimum Gasteiger partial charge on any atom is -0.501 e. The third kappa shape index (κ3) is 4.12. The van der Waals surface area contributed by atoms with Gasteiger partial charge in [-0.25, -0.2) is 4.79 Å². The van der Waals surface area contributed by atoms with Gasteiger partial charge in [-0.3, -0.25) is 4.68 Å². The predicted octanol–water partition coefficient (Wildman–Crippen LogP) is 2.82. The van der Waals surface area contributed by atoms with Crippen LogP contribution in [-0.2, 0) is 15.0 Å². The summed E-state index contributed by atoms with van der Waals surface area (Å²) in [6.07, 6.45) is 4.93. The van der Waals surface area contributed by atoms with Crippen LogP contribution in [0, 0.1) is 0 Å². The third-order valence-corrected chi connectivity index (χ3v) is 2.41. The molecule has 0 saturated carbocycles. The van der Waals surface area contributed by atoms with Gasteiger partial charge >= 0.3 is 5.97 Å². The van der Waals surface area contributed by atoms with Gasteiger partial charge in [-0.05, 0) is 34.6 Å². The monoisotopic (exact) mass is 266 g/mol. The minimum atomic E-state index is -0.367. The fraction of sp³-hybridized carbons (Fsp3) is 0.571. The van der Waals surface area contributed by atoms with Gasteiger partial charge in [0.1, 0.15) is 11.3 Å². The average Bonchev–Trinajstić information content (AvgIpc) is 2.74. The van der Waals surface area contributed by atoms with E-state index in [1.54, 1.807) is 23.9 Å². The molecule has 0 aliphatic carbocycles. The molecule has 1 aromatic rings. The van der Waals surface area contributed by atoms with Crippen LogP contribution in [0.2, 0.25) is 0 Å². The van der Waals surface area contributed by atoms with Crippen molar-refractivity contribution in [3.63, 3.8) is 0 Å². The van der Waals surface area contributed by atoms with E-state index < -0.39 is 0 Å². The molecule has 0 aliphatic rings. The zero-order valence-electron chi connectivity index (χ0n) is 12.3. The number of hydrogen-bond acceptors (Lipinski definition) is 4. The molecule has 19 heavy (non-hydrogen) atoms. The van der Waals surface area contributed by atoms with Crippen molar-refractivity contribution in [3.05, 3.63) is 23.7 Å². The summed E-state index contributed by atoms with van der Waals surface area (Å²) in [7, 11) is 0. The number of ether oxygens (including phenoxy) is 2. The van der Waals surface area contributed by atoms with Gasteiger partial charge < -0.3 is 9.47 Å². The van der Waals surface area contributed by atoms with Gasteiger partial charge in [0.05, 0.1) is 25.0 Å². The third-order valence-electron chi connectivity index (χ3n) is 2.41. The molecule has 0 atom stereocenters. The second-order valence-electron chi connectivity index (χ2n) is 5.02. The number of esters is 1. The quantitative estimate of drug-likeness (QED) is 0.607. The molecule has 0 aromatic carbocycles. The SMILES string of the molecule is CCO/C=C/c1nn(C(C)(C)C)cc1C(=O)OCC. The van der Waals surface area contributed by atoms with E-state index in [1.165, 1.54) is 6.26 Å². The second kappa shape index (κ2) is 6.41. The standard InChI is InChI=1S/C14H22N2O3/c1-6-18-9-8-12-11(13(17)19-7-2)10-16(15-12)14(3,4)5/h8-10H,6-7H2,1-5H3/b9-8+. The molecule has 1 heterocycles. The van der Waals surface area contributed by atoms with Gasteiger partial charge in [0.2, 0.25) is 0 Å². The summed E-state index contributed by atoms with van der Waals surface area (Å²) in [6.45, 7) is 10.6. The first-order valence-corrected chi connectivity index (χ1v) is 6.45. The first kappa shape index (κ1) is 15.3. The molecule has 5 nitrogen and oxygen atoms in total. The molecule has 0 saturated heterocycles. The zero-order valence-corrected chi connectivity index (χ0v) is 12.3. The number of aromatic nitrogens is 2. The summed E-state index contributed by atoms with van der Waals surface area (Å²) < 4.78 is 11.9. The van der Waals surface area contributed by atoms with Crippen LogP contribution in [0.1, 0.15) is 50.7 Å². The average molecular weight is 266 g/mol. The van der Waals surface area contributed by atoms with Crippen LogP contribution in [0.4, 0.5) is 0 Å². The Bertz CT molecular complexity index is 456. The van der Waals surface area contributed by atoms with Crippen molar-refractivity contribution in [1.29, 1.82) is 0 Å². The van der Waals surface area contributed by atoms with Crippen LogP contribution < -0.4 is 0 Å². The fourth-order valence-electron chi connectivity index (χ4n) is 1.43. The number of nitrogens with zero attached hydrogens (tertiary/aromatic N) is 2. The van der Waals surface area contributed by atoms with E-state index in [9.17, 15) is 4.79 Å². The number of carbonyl (C=O) groups excluding carboxylic acids is 1. The van der Waals surface area contributed by atoms with Gasteiger partial charge in [0, 0.05) is 12.3 Å². The van der Waals surface area contributed by atoms with E-state index in [1.807, 2.05) is 27.7 Å². The van der Waals surface area contributed by atoms with Gasteiger partial charge in [-0.15, -0.1) is 0 Å². The molecule has 0 bridgehead atoms. The van der Waals surface area contributed by atoms with Crippen LogP contribution in [-0.4, -0.2) is 29.0 Å². The first-order chi connectivity index (χ1) is 8.90. The molecule has 0 fully saturated rings. The Hall–Kier alpha value is -1.78. The maximum absolute atomic E-state index is 11.9. The van der Waals surface area contributed by atoms with Crippen molar-refractivity contribution in [3.8, 4) is 0 Å². The molecule has 1 aromatic heterocycles. The van der Waals surface area contributed by atoms with Gasteiger partial charge in [0.15, 0.2) is 0 Å². The highest BCUT2D eigenvalue weighted by atomic mass is 16.5. The fourth-order valence-corrected chi connectivity index (χ4v) is 1.43. The Morgan fingerprint density at radius 3 is 2.58 bits per heavy atom. The maximum Gasteiger partial charge on any atom is 0.341 e. The summed E-state index contributed by atoms with van der Waals surface area (Å²) in [5, 5.41) is 4.41. The zero-order chi connectivity index (χ0) is 14.5. The second-order valence-corrected chi connectivity index (χ2v) is 5.02. The van der Waals surface area contributed by atoms with E-state index in [0.29, 0.717) is 24.5 Å². The van der Waals surface area contributed by atoms with Crippen molar-refractivity contribution in [2.75, 3.05) is 13.2 Å². The summed E-state index contributed by atoms with van der Waals surface area (Å²) >= 11 is 0. The smallest absolute Gasteiger partial charge is 0.341 e. The van der Waals surface area contributed by atoms with E-state index in [0.717, 1.165) is 0 Å². The van der Waals surface area contributed by atoms with E-state index >= 15 is 0 Å². The molecular weight excluding hydrogens is 244 g/mol. The van der Waals surface area contributed by atoms with Crippen LogP contribution in [0.5, 0.6) is 0 Å². The highest BCUT2D eigenvalue weighted by molar-refractivity contribution is 5.92. The van der Waals surface area contributed by atoms with Crippen LogP contribution in [0.25, 0.3) is 6.08 Å².